The molecule has 1 aromatic heterocycles. The zero-order chi connectivity index (χ0) is 20.8. The number of halogens is 1. The number of carbonyl (C=O) groups excluding carboxylic acids is 3. The van der Waals surface area contributed by atoms with Crippen molar-refractivity contribution < 1.29 is 19.6 Å². The van der Waals surface area contributed by atoms with Crippen LogP contribution in [0.1, 0.15) is 38.5 Å². The van der Waals surface area contributed by atoms with E-state index < -0.39 is 12.0 Å². The summed E-state index contributed by atoms with van der Waals surface area (Å²) in [7, 11) is 0. The molecule has 2 aliphatic rings. The molecule has 2 heterocycles. The third-order valence-corrected chi connectivity index (χ3v) is 5.70. The topological polar surface area (TPSA) is 115 Å². The minimum Gasteiger partial charge on any atom is -0.309 e. The summed E-state index contributed by atoms with van der Waals surface area (Å²) in [5.74, 6) is -0.552. The highest BCUT2D eigenvalue weighted by Gasteiger charge is 2.39. The van der Waals surface area contributed by atoms with Crippen LogP contribution in [-0.2, 0) is 14.4 Å². The maximum atomic E-state index is 13.2. The molecule has 10 heteroatoms. The third-order valence-electron chi connectivity index (χ3n) is 5.49. The molecule has 0 spiro atoms. The standard InChI is InChI=1S/C19H26ClN5O4/c20-16-6-3-7-17(22-16)23-18(27)15-8-9-21-25(15)19(28)14(11-24(29)12-26)10-13-4-1-2-5-13/h3,6-7,12-15,21,29H,1-2,4-5,8-11H2,(H,22,23,27)/t14?,15-/m0/s1. The van der Waals surface area contributed by atoms with Crippen LogP contribution in [0.3, 0.4) is 0 Å². The monoisotopic (exact) mass is 423 g/mol. The largest absolute Gasteiger partial charge is 0.309 e. The van der Waals surface area contributed by atoms with Crippen molar-refractivity contribution in [3.63, 3.8) is 0 Å². The van der Waals surface area contributed by atoms with E-state index in [9.17, 15) is 19.6 Å². The van der Waals surface area contributed by atoms with E-state index in [1.165, 1.54) is 5.01 Å². The van der Waals surface area contributed by atoms with Gasteiger partial charge in [0.25, 0.3) is 0 Å². The molecule has 0 radical (unpaired) electrons. The molecular formula is C19H26ClN5O4. The highest BCUT2D eigenvalue weighted by atomic mass is 35.5. The fraction of sp³-hybridized carbons (Fsp3) is 0.579. The number of carbonyl (C=O) groups is 3. The van der Waals surface area contributed by atoms with Gasteiger partial charge in [-0.15, -0.1) is 0 Å². The second kappa shape index (κ2) is 10.00. The van der Waals surface area contributed by atoms with Gasteiger partial charge < -0.3 is 5.32 Å². The Morgan fingerprint density at radius 3 is 2.83 bits per heavy atom. The number of aromatic nitrogens is 1. The van der Waals surface area contributed by atoms with Gasteiger partial charge >= 0.3 is 0 Å². The molecule has 2 atom stereocenters. The molecule has 3 amide bonds. The molecule has 158 valence electrons. The van der Waals surface area contributed by atoms with Gasteiger partial charge in [0.1, 0.15) is 17.0 Å². The number of hydrogen-bond donors (Lipinski definition) is 3. The molecule has 29 heavy (non-hydrogen) atoms. The predicted molar refractivity (Wildman–Crippen MR) is 106 cm³/mol. The molecule has 3 rings (SSSR count). The fourth-order valence-corrected chi connectivity index (χ4v) is 4.26. The first kappa shape index (κ1) is 21.5. The zero-order valence-electron chi connectivity index (χ0n) is 16.1. The van der Waals surface area contributed by atoms with Gasteiger partial charge in [-0.25, -0.2) is 15.5 Å². The van der Waals surface area contributed by atoms with Gasteiger partial charge in [-0.1, -0.05) is 43.4 Å². The normalized spacial score (nSPS) is 20.5. The van der Waals surface area contributed by atoms with E-state index in [1.807, 2.05) is 0 Å². The summed E-state index contributed by atoms with van der Waals surface area (Å²) in [6.45, 7) is 0.376. The van der Waals surface area contributed by atoms with E-state index in [1.54, 1.807) is 18.2 Å². The molecule has 1 aromatic rings. The first-order valence-electron chi connectivity index (χ1n) is 9.88. The summed E-state index contributed by atoms with van der Waals surface area (Å²) in [6.07, 6.45) is 5.64. The second-order valence-corrected chi connectivity index (χ2v) is 7.95. The molecule has 1 saturated carbocycles. The van der Waals surface area contributed by atoms with Crippen molar-refractivity contribution in [2.24, 2.45) is 11.8 Å². The number of anilines is 1. The van der Waals surface area contributed by atoms with Crippen molar-refractivity contribution in [1.82, 2.24) is 20.5 Å². The van der Waals surface area contributed by atoms with Gasteiger partial charge in [-0.05, 0) is 30.9 Å². The van der Waals surface area contributed by atoms with Gasteiger partial charge in [0.05, 0.1) is 12.5 Å². The Bertz CT molecular complexity index is 743. The van der Waals surface area contributed by atoms with Crippen LogP contribution in [0.25, 0.3) is 0 Å². The number of nitrogens with zero attached hydrogens (tertiary/aromatic N) is 3. The maximum Gasteiger partial charge on any atom is 0.250 e. The van der Waals surface area contributed by atoms with Crippen molar-refractivity contribution in [2.75, 3.05) is 18.4 Å². The molecule has 2 fully saturated rings. The van der Waals surface area contributed by atoms with Crippen LogP contribution in [0.15, 0.2) is 18.2 Å². The number of hydroxylamine groups is 2. The maximum absolute atomic E-state index is 13.2. The van der Waals surface area contributed by atoms with Crippen molar-refractivity contribution in [3.8, 4) is 0 Å². The number of nitrogens with one attached hydrogen (secondary N) is 2. The van der Waals surface area contributed by atoms with Crippen molar-refractivity contribution >= 4 is 35.6 Å². The van der Waals surface area contributed by atoms with Crippen LogP contribution in [0.2, 0.25) is 5.15 Å². The lowest BCUT2D eigenvalue weighted by Crippen LogP contribution is -2.51. The highest BCUT2D eigenvalue weighted by molar-refractivity contribution is 6.29. The zero-order valence-corrected chi connectivity index (χ0v) is 16.8. The van der Waals surface area contributed by atoms with Crippen LogP contribution >= 0.6 is 11.6 Å². The Hall–Kier alpha value is -2.23. The lowest BCUT2D eigenvalue weighted by Gasteiger charge is -2.29. The summed E-state index contributed by atoms with van der Waals surface area (Å²) in [6, 6.07) is 4.19. The molecule has 1 unspecified atom stereocenters. The average Bonchev–Trinajstić information content (AvgIpc) is 3.38. The van der Waals surface area contributed by atoms with Gasteiger partial charge in [0.2, 0.25) is 18.2 Å². The number of rotatable bonds is 8. The van der Waals surface area contributed by atoms with Crippen LogP contribution in [0, 0.1) is 11.8 Å². The van der Waals surface area contributed by atoms with E-state index >= 15 is 0 Å². The SMILES string of the molecule is O=CN(O)CC(CC1CCCC1)C(=O)N1NCC[C@H]1C(=O)Nc1cccc(Cl)n1. The first-order chi connectivity index (χ1) is 14.0. The minimum atomic E-state index is -0.710. The molecule has 0 aromatic carbocycles. The molecule has 1 aliphatic heterocycles. The minimum absolute atomic E-state index is 0.0960. The lowest BCUT2D eigenvalue weighted by molar-refractivity contribution is -0.159. The van der Waals surface area contributed by atoms with Crippen LogP contribution in [-0.4, -0.2) is 57.6 Å². The van der Waals surface area contributed by atoms with Crippen LogP contribution in [0.5, 0.6) is 0 Å². The third kappa shape index (κ3) is 5.65. The van der Waals surface area contributed by atoms with Crippen LogP contribution in [0.4, 0.5) is 5.82 Å². The van der Waals surface area contributed by atoms with Gasteiger partial charge in [-0.3, -0.25) is 24.6 Å². The smallest absolute Gasteiger partial charge is 0.250 e. The Kier molecular flexibility index (Phi) is 7.40. The molecule has 0 bridgehead atoms. The van der Waals surface area contributed by atoms with Gasteiger partial charge in [-0.2, -0.15) is 0 Å². The van der Waals surface area contributed by atoms with E-state index in [-0.39, 0.29) is 23.5 Å². The Morgan fingerprint density at radius 1 is 1.38 bits per heavy atom. The second-order valence-electron chi connectivity index (χ2n) is 7.57. The lowest BCUT2D eigenvalue weighted by atomic mass is 9.92. The number of hydrogen-bond acceptors (Lipinski definition) is 6. The first-order valence-corrected chi connectivity index (χ1v) is 10.3. The predicted octanol–water partition coefficient (Wildman–Crippen LogP) is 1.82. The Balaban J connectivity index is 1.69. The summed E-state index contributed by atoms with van der Waals surface area (Å²) in [4.78, 5) is 40.9. The van der Waals surface area contributed by atoms with Crippen molar-refractivity contribution in [2.45, 2.75) is 44.6 Å². The molecule has 9 nitrogen and oxygen atoms in total. The number of amides is 3. The summed E-state index contributed by atoms with van der Waals surface area (Å²) >= 11 is 5.86. The molecular weight excluding hydrogens is 398 g/mol. The number of pyridine rings is 1. The fourth-order valence-electron chi connectivity index (χ4n) is 4.10. The van der Waals surface area contributed by atoms with Crippen LogP contribution < -0.4 is 10.7 Å². The quantitative estimate of drug-likeness (QED) is 0.254. The molecule has 1 saturated heterocycles. The molecule has 3 N–H and O–H groups in total. The summed E-state index contributed by atoms with van der Waals surface area (Å²) in [5.41, 5.74) is 2.97. The van der Waals surface area contributed by atoms with Gasteiger partial charge in [0.15, 0.2) is 0 Å². The van der Waals surface area contributed by atoms with Crippen molar-refractivity contribution in [3.05, 3.63) is 23.4 Å². The summed E-state index contributed by atoms with van der Waals surface area (Å²) in [5, 5.41) is 14.4. The van der Waals surface area contributed by atoms with E-state index in [2.05, 4.69) is 15.7 Å². The van der Waals surface area contributed by atoms with E-state index in [0.29, 0.717) is 42.6 Å². The average molecular weight is 424 g/mol. The highest BCUT2D eigenvalue weighted by Crippen LogP contribution is 2.31. The number of hydrazine groups is 1. The Labute approximate surface area is 174 Å². The van der Waals surface area contributed by atoms with Gasteiger partial charge in [0, 0.05) is 6.54 Å². The van der Waals surface area contributed by atoms with E-state index in [4.69, 9.17) is 11.6 Å². The molecule has 1 aliphatic carbocycles. The van der Waals surface area contributed by atoms with Crippen molar-refractivity contribution in [1.29, 1.82) is 0 Å². The summed E-state index contributed by atoms with van der Waals surface area (Å²) < 4.78 is 0. The Morgan fingerprint density at radius 2 is 2.14 bits per heavy atom. The van der Waals surface area contributed by atoms with E-state index in [0.717, 1.165) is 25.7 Å².